The smallest absolute Gasteiger partial charge is 0.459 e. The maximum absolute atomic E-state index is 15.4. The molecule has 2 aromatic carbocycles. The van der Waals surface area contributed by atoms with E-state index in [0.29, 0.717) is 27.0 Å². The van der Waals surface area contributed by atoms with Crippen LogP contribution >= 0.6 is 7.75 Å². The highest BCUT2D eigenvalue weighted by Gasteiger charge is 2.60. The number of halogens is 2. The monoisotopic (exact) mass is 766 g/mol. The van der Waals surface area contributed by atoms with E-state index >= 15 is 8.78 Å². The molecule has 3 heterocycles. The Morgan fingerprint density at radius 1 is 1.08 bits per heavy atom. The first kappa shape index (κ1) is 39.1. The van der Waals surface area contributed by atoms with Crippen molar-refractivity contribution in [3.63, 3.8) is 0 Å². The van der Waals surface area contributed by atoms with Crippen LogP contribution in [0.1, 0.15) is 32.8 Å². The molecule has 1 aliphatic rings. The number of alkyl halides is 2. The van der Waals surface area contributed by atoms with Crippen LogP contribution in [0.3, 0.4) is 0 Å². The molecule has 0 saturated carbocycles. The van der Waals surface area contributed by atoms with Gasteiger partial charge in [-0.05, 0) is 51.1 Å². The summed E-state index contributed by atoms with van der Waals surface area (Å²) in [4.78, 5) is 41.3. The molecule has 0 spiro atoms. The van der Waals surface area contributed by atoms with Crippen LogP contribution in [0, 0.1) is 0 Å². The number of amides is 1. The quantitative estimate of drug-likeness (QED) is 0.110. The molecule has 1 fully saturated rings. The average molecular weight is 767 g/mol. The Labute approximate surface area is 300 Å². The zero-order chi connectivity index (χ0) is 38.5. The summed E-state index contributed by atoms with van der Waals surface area (Å²) >= 11 is 0. The number of hydrogen-bond donors (Lipinski definition) is 3. The fraction of sp³-hybridized carbons (Fsp3) is 0.394. The Morgan fingerprint density at radius 2 is 1.81 bits per heavy atom. The van der Waals surface area contributed by atoms with Crippen molar-refractivity contribution in [1.29, 1.82) is 0 Å². The Hall–Kier alpha value is -5.07. The molecule has 0 radical (unpaired) electrons. The van der Waals surface area contributed by atoms with Gasteiger partial charge in [0.05, 0.1) is 26.9 Å². The van der Waals surface area contributed by atoms with Gasteiger partial charge in [-0.25, -0.2) is 14.2 Å². The Bertz CT molecular complexity index is 2030. The third-order valence-electron chi connectivity index (χ3n) is 7.53. The maximum atomic E-state index is 15.4. The normalized spacial score (nSPS) is 19.7. The number of carbonyl (C=O) groups is 2. The lowest BCUT2D eigenvalue weighted by atomic mass is 10.1. The van der Waals surface area contributed by atoms with Crippen molar-refractivity contribution in [2.24, 2.45) is 0 Å². The minimum absolute atomic E-state index is 0.0512. The SMILES string of the molecule is COc1cc(OC)c2oc(COC(=O)Nc3ccn([C@@H]4O[C@H](COP(=O)(N[C@@H](C)C(=O)OC(C)C)Oc5ccccc5)[C@@H](O)C4(F)F)c(=O)n3)cc2c1. The Balaban J connectivity index is 1.23. The van der Waals surface area contributed by atoms with E-state index in [1.165, 1.54) is 33.3 Å². The van der Waals surface area contributed by atoms with Gasteiger partial charge in [0, 0.05) is 17.6 Å². The number of ether oxygens (including phenoxy) is 5. The van der Waals surface area contributed by atoms with Gasteiger partial charge < -0.3 is 37.7 Å². The van der Waals surface area contributed by atoms with E-state index in [0.717, 1.165) is 12.3 Å². The van der Waals surface area contributed by atoms with Crippen LogP contribution in [-0.2, 0) is 34.7 Å². The lowest BCUT2D eigenvalue weighted by molar-refractivity contribution is -0.149. The number of furan rings is 1. The van der Waals surface area contributed by atoms with Crippen LogP contribution in [0.15, 0.2) is 70.0 Å². The average Bonchev–Trinajstić information content (AvgIpc) is 3.63. The minimum Gasteiger partial charge on any atom is -0.497 e. The van der Waals surface area contributed by atoms with Gasteiger partial charge >= 0.3 is 31.4 Å². The molecule has 3 N–H and O–H groups in total. The number of aromatic nitrogens is 2. The molecule has 286 valence electrons. The summed E-state index contributed by atoms with van der Waals surface area (Å²) in [6.45, 7) is 3.28. The molecule has 20 heteroatoms. The summed E-state index contributed by atoms with van der Waals surface area (Å²) in [6.07, 6.45) is -7.47. The number of benzene rings is 2. The van der Waals surface area contributed by atoms with Crippen molar-refractivity contribution in [3.05, 3.63) is 77.0 Å². The number of fused-ring (bicyclic) bond motifs is 1. The first-order valence-electron chi connectivity index (χ1n) is 16.0. The maximum Gasteiger partial charge on any atom is 0.459 e. The van der Waals surface area contributed by atoms with Crippen molar-refractivity contribution in [3.8, 4) is 17.2 Å². The second kappa shape index (κ2) is 16.3. The molecule has 1 aliphatic heterocycles. The van der Waals surface area contributed by atoms with Crippen LogP contribution in [0.2, 0.25) is 0 Å². The van der Waals surface area contributed by atoms with E-state index in [1.807, 2.05) is 0 Å². The summed E-state index contributed by atoms with van der Waals surface area (Å²) in [5, 5.41) is 15.8. The van der Waals surface area contributed by atoms with Gasteiger partial charge in [-0.2, -0.15) is 18.9 Å². The molecule has 2 aromatic heterocycles. The number of hydrogen-bond acceptors (Lipinski definition) is 14. The van der Waals surface area contributed by atoms with Gasteiger partial charge in [-0.15, -0.1) is 0 Å². The number of aliphatic hydroxyl groups is 1. The van der Waals surface area contributed by atoms with Gasteiger partial charge in [0.1, 0.15) is 35.2 Å². The third-order valence-corrected chi connectivity index (χ3v) is 9.18. The number of nitrogens with one attached hydrogen (secondary N) is 2. The van der Waals surface area contributed by atoms with E-state index in [-0.39, 0.29) is 23.9 Å². The summed E-state index contributed by atoms with van der Waals surface area (Å²) in [6, 6.07) is 12.4. The fourth-order valence-electron chi connectivity index (χ4n) is 5.04. The van der Waals surface area contributed by atoms with Crippen molar-refractivity contribution in [1.82, 2.24) is 14.6 Å². The lowest BCUT2D eigenvalue weighted by Crippen LogP contribution is -2.42. The van der Waals surface area contributed by atoms with Crippen LogP contribution < -0.4 is 30.1 Å². The predicted molar refractivity (Wildman–Crippen MR) is 181 cm³/mol. The molecule has 5 atom stereocenters. The van der Waals surface area contributed by atoms with Crippen LogP contribution in [-0.4, -0.2) is 77.8 Å². The van der Waals surface area contributed by atoms with E-state index in [2.05, 4.69) is 15.4 Å². The van der Waals surface area contributed by atoms with Gasteiger partial charge in [0.2, 0.25) is 6.23 Å². The molecule has 1 unspecified atom stereocenters. The highest BCUT2D eigenvalue weighted by atomic mass is 31.2. The standard InChI is InChI=1S/C33H37F2N4O13P/c1-18(2)49-29(41)19(3)38-53(44,52-21-9-7-6-8-10-21)48-17-25-28(40)33(34,35)30(51-25)39-12-11-26(36-31(39)42)37-32(43)47-16-23-14-20-13-22(45-4)15-24(46-5)27(20)50-23/h6-15,18-19,25,28,30,40H,16-17H2,1-5H3,(H,38,44)(H,36,37,42,43)/t19-,25+,28+,30+,53?/m0/s1. The van der Waals surface area contributed by atoms with Gasteiger partial charge in [-0.3, -0.25) is 19.2 Å². The second-order valence-corrected chi connectivity index (χ2v) is 13.5. The van der Waals surface area contributed by atoms with E-state index < -0.39 is 68.6 Å². The molecule has 17 nitrogen and oxygen atoms in total. The molecular formula is C33H37F2N4O13P. The Kier molecular flexibility index (Phi) is 12.0. The second-order valence-electron chi connectivity index (χ2n) is 11.8. The summed E-state index contributed by atoms with van der Waals surface area (Å²) in [5.41, 5.74) is -0.885. The van der Waals surface area contributed by atoms with Gasteiger partial charge in [0.15, 0.2) is 24.0 Å². The molecule has 4 aromatic rings. The van der Waals surface area contributed by atoms with Crippen LogP contribution in [0.25, 0.3) is 11.0 Å². The first-order valence-corrected chi connectivity index (χ1v) is 17.5. The van der Waals surface area contributed by atoms with Crippen LogP contribution in [0.5, 0.6) is 17.2 Å². The number of nitrogens with zero attached hydrogens (tertiary/aromatic N) is 2. The zero-order valence-electron chi connectivity index (χ0n) is 29.0. The fourth-order valence-corrected chi connectivity index (χ4v) is 6.54. The number of esters is 1. The number of carbonyl (C=O) groups excluding carboxylic acids is 2. The summed E-state index contributed by atoms with van der Waals surface area (Å²) in [7, 11) is -1.57. The lowest BCUT2D eigenvalue weighted by Gasteiger charge is -2.25. The van der Waals surface area contributed by atoms with Gasteiger partial charge in [-0.1, -0.05) is 18.2 Å². The van der Waals surface area contributed by atoms with E-state index in [4.69, 9.17) is 37.1 Å². The molecular weight excluding hydrogens is 729 g/mol. The number of anilines is 1. The number of para-hydroxylation sites is 1. The highest BCUT2D eigenvalue weighted by Crippen LogP contribution is 2.48. The van der Waals surface area contributed by atoms with Crippen molar-refractivity contribution in [2.45, 2.75) is 63.9 Å². The summed E-state index contributed by atoms with van der Waals surface area (Å²) < 4.78 is 87.6. The third kappa shape index (κ3) is 9.30. The Morgan fingerprint density at radius 3 is 2.47 bits per heavy atom. The first-order chi connectivity index (χ1) is 25.1. The van der Waals surface area contributed by atoms with Gasteiger partial charge in [0.25, 0.3) is 0 Å². The van der Waals surface area contributed by atoms with Crippen molar-refractivity contribution >= 4 is 36.6 Å². The van der Waals surface area contributed by atoms with E-state index in [9.17, 15) is 24.1 Å². The van der Waals surface area contributed by atoms with Crippen LogP contribution in [0.4, 0.5) is 19.4 Å². The topological polar surface area (TPSA) is 208 Å². The molecule has 53 heavy (non-hydrogen) atoms. The molecule has 0 aliphatic carbocycles. The zero-order valence-corrected chi connectivity index (χ0v) is 29.9. The highest BCUT2D eigenvalue weighted by molar-refractivity contribution is 7.52. The molecule has 1 saturated heterocycles. The number of methoxy groups -OCH3 is 2. The number of aliphatic hydroxyl groups excluding tert-OH is 1. The molecule has 0 bridgehead atoms. The predicted octanol–water partition coefficient (Wildman–Crippen LogP) is 4.78. The molecule has 5 rings (SSSR count). The van der Waals surface area contributed by atoms with E-state index in [1.54, 1.807) is 50.2 Å². The van der Waals surface area contributed by atoms with Crippen molar-refractivity contribution < 1.29 is 65.2 Å². The van der Waals surface area contributed by atoms with Crippen molar-refractivity contribution in [2.75, 3.05) is 26.1 Å². The largest absolute Gasteiger partial charge is 0.497 e. The number of rotatable bonds is 15. The molecule has 1 amide bonds. The summed E-state index contributed by atoms with van der Waals surface area (Å²) in [5.74, 6) is -4.00. The minimum atomic E-state index is -4.51.